The van der Waals surface area contributed by atoms with Crippen LogP contribution >= 0.6 is 0 Å². The third-order valence-electron chi connectivity index (χ3n) is 6.62. The Kier molecular flexibility index (Phi) is 5.88. The lowest BCUT2D eigenvalue weighted by molar-refractivity contribution is 0.0526. The van der Waals surface area contributed by atoms with Crippen LogP contribution in [0, 0.1) is 6.92 Å². The van der Waals surface area contributed by atoms with E-state index >= 15 is 0 Å². The van der Waals surface area contributed by atoms with Crippen molar-refractivity contribution in [2.75, 3.05) is 6.61 Å². The molecule has 5 aromatic rings. The molecule has 3 aromatic heterocycles. The largest absolute Gasteiger partial charge is 0.462 e. The third-order valence-corrected chi connectivity index (χ3v) is 6.62. The number of aliphatic imine (C=N–C) groups is 1. The smallest absolute Gasteiger partial charge is 0.341 e. The normalized spacial score (nSPS) is 14.8. The highest BCUT2D eigenvalue weighted by Gasteiger charge is 2.29. The van der Waals surface area contributed by atoms with Crippen LogP contribution in [0.15, 0.2) is 82.7 Å². The number of ether oxygens (including phenoxy) is 1. The van der Waals surface area contributed by atoms with Crippen molar-refractivity contribution in [3.63, 3.8) is 0 Å². The predicted octanol–water partition coefficient (Wildman–Crippen LogP) is 4.65. The summed E-state index contributed by atoms with van der Waals surface area (Å²) < 4.78 is 8.55. The second-order valence-corrected chi connectivity index (χ2v) is 8.92. The first-order chi connectivity index (χ1) is 18.6. The van der Waals surface area contributed by atoms with Gasteiger partial charge in [0.25, 0.3) is 0 Å². The van der Waals surface area contributed by atoms with Gasteiger partial charge in [-0.25, -0.2) is 23.5 Å². The molecule has 0 radical (unpaired) electrons. The average molecular weight is 505 g/mol. The van der Waals surface area contributed by atoms with Crippen LogP contribution in [-0.4, -0.2) is 42.9 Å². The van der Waals surface area contributed by atoms with Gasteiger partial charge in [-0.05, 0) is 38.0 Å². The van der Waals surface area contributed by atoms with Gasteiger partial charge < -0.3 is 4.74 Å². The fourth-order valence-electron chi connectivity index (χ4n) is 4.95. The van der Waals surface area contributed by atoms with Gasteiger partial charge in [-0.2, -0.15) is 0 Å². The summed E-state index contributed by atoms with van der Waals surface area (Å²) in [6.07, 6.45) is 5.99. The maximum absolute atomic E-state index is 14.2. The van der Waals surface area contributed by atoms with E-state index in [9.17, 15) is 9.59 Å². The van der Waals surface area contributed by atoms with Crippen LogP contribution in [0.3, 0.4) is 0 Å². The molecule has 38 heavy (non-hydrogen) atoms. The molecule has 0 fully saturated rings. The maximum Gasteiger partial charge on any atom is 0.341 e. The summed E-state index contributed by atoms with van der Waals surface area (Å²) in [5.41, 5.74) is 3.18. The fraction of sp³-hybridized carbons (Fsp3) is 0.172. The number of aryl methyl sites for hydroxylation is 1. The quantitative estimate of drug-likeness (QED) is 0.323. The standard InChI is InChI=1S/C29H24N6O3/c1-3-38-28(36)22-18(2)31-26-24(23(22)19-10-6-4-7-11-19)27-33-32-25(20-14-16-30-17-15-20)35(27)29(37)34(26)21-12-8-5-9-13-21/h4-14,16-17,20H,3,15H2,1-2H3. The molecule has 0 N–H and O–H groups in total. The van der Waals surface area contributed by atoms with E-state index in [-0.39, 0.29) is 18.2 Å². The van der Waals surface area contributed by atoms with Crippen molar-refractivity contribution in [3.05, 3.63) is 101 Å². The highest BCUT2D eigenvalue weighted by molar-refractivity contribution is 6.11. The molecule has 2 aromatic carbocycles. The maximum atomic E-state index is 14.2. The number of pyridine rings is 1. The van der Waals surface area contributed by atoms with Gasteiger partial charge >= 0.3 is 11.7 Å². The van der Waals surface area contributed by atoms with Gasteiger partial charge in [0, 0.05) is 23.9 Å². The van der Waals surface area contributed by atoms with Crippen molar-refractivity contribution in [2.45, 2.75) is 26.2 Å². The van der Waals surface area contributed by atoms with Gasteiger partial charge in [0.1, 0.15) is 5.82 Å². The van der Waals surface area contributed by atoms with Gasteiger partial charge in [0.2, 0.25) is 0 Å². The van der Waals surface area contributed by atoms with Gasteiger partial charge in [-0.1, -0.05) is 54.6 Å². The third kappa shape index (κ3) is 3.71. The summed E-state index contributed by atoms with van der Waals surface area (Å²) in [5, 5.41) is 9.53. The van der Waals surface area contributed by atoms with Crippen LogP contribution in [0.4, 0.5) is 0 Å². The van der Waals surface area contributed by atoms with Crippen LogP contribution in [0.25, 0.3) is 33.5 Å². The first kappa shape index (κ1) is 23.5. The van der Waals surface area contributed by atoms with Crippen molar-refractivity contribution in [2.24, 2.45) is 4.99 Å². The molecule has 1 aliphatic rings. The lowest BCUT2D eigenvalue weighted by atomic mass is 9.95. The lowest BCUT2D eigenvalue weighted by Crippen LogP contribution is -2.29. The summed E-state index contributed by atoms with van der Waals surface area (Å²) in [6, 6.07) is 18.9. The van der Waals surface area contributed by atoms with E-state index in [1.54, 1.807) is 30.8 Å². The minimum Gasteiger partial charge on any atom is -0.462 e. The zero-order chi connectivity index (χ0) is 26.2. The monoisotopic (exact) mass is 504 g/mol. The molecule has 0 saturated carbocycles. The Morgan fingerprint density at radius 2 is 1.76 bits per heavy atom. The highest BCUT2D eigenvalue weighted by Crippen LogP contribution is 2.36. The van der Waals surface area contributed by atoms with Crippen molar-refractivity contribution in [3.8, 4) is 16.8 Å². The lowest BCUT2D eigenvalue weighted by Gasteiger charge is -2.19. The Labute approximate surface area is 217 Å². The number of carbonyl (C=O) groups is 1. The number of allylic oxidation sites excluding steroid dienone is 1. The second-order valence-electron chi connectivity index (χ2n) is 8.92. The number of hydrogen-bond donors (Lipinski definition) is 0. The number of hydrogen-bond acceptors (Lipinski definition) is 7. The molecule has 1 unspecified atom stereocenters. The van der Waals surface area contributed by atoms with Crippen molar-refractivity contribution in [1.82, 2.24) is 24.1 Å². The number of aromatic nitrogens is 5. The first-order valence-electron chi connectivity index (χ1n) is 12.4. The molecule has 9 nitrogen and oxygen atoms in total. The second kappa shape index (κ2) is 9.51. The zero-order valence-electron chi connectivity index (χ0n) is 20.9. The van der Waals surface area contributed by atoms with E-state index in [2.05, 4.69) is 15.2 Å². The van der Waals surface area contributed by atoms with E-state index in [0.717, 1.165) is 5.56 Å². The van der Waals surface area contributed by atoms with E-state index in [4.69, 9.17) is 9.72 Å². The van der Waals surface area contributed by atoms with E-state index in [1.807, 2.05) is 66.7 Å². The van der Waals surface area contributed by atoms with Crippen LogP contribution in [0.1, 0.15) is 41.1 Å². The summed E-state index contributed by atoms with van der Waals surface area (Å²) in [5.74, 6) is -0.170. The molecular weight excluding hydrogens is 480 g/mol. The van der Waals surface area contributed by atoms with Crippen molar-refractivity contribution < 1.29 is 9.53 Å². The SMILES string of the molecule is CCOC(=O)c1c(C)nc2c(c1-c1ccccc1)c1nnc(C3C=CN=CC3)n1c(=O)n2-c1ccccc1. The average Bonchev–Trinajstić information content (AvgIpc) is 3.40. The number of esters is 1. The molecule has 0 spiro atoms. The summed E-state index contributed by atoms with van der Waals surface area (Å²) in [7, 11) is 0. The summed E-state index contributed by atoms with van der Waals surface area (Å²) >= 11 is 0. The highest BCUT2D eigenvalue weighted by atomic mass is 16.5. The Morgan fingerprint density at radius 3 is 2.45 bits per heavy atom. The number of benzene rings is 2. The van der Waals surface area contributed by atoms with E-state index in [0.29, 0.717) is 51.4 Å². The van der Waals surface area contributed by atoms with Crippen LogP contribution < -0.4 is 5.69 Å². The van der Waals surface area contributed by atoms with Crippen LogP contribution in [0.5, 0.6) is 0 Å². The molecule has 188 valence electrons. The van der Waals surface area contributed by atoms with Crippen molar-refractivity contribution in [1.29, 1.82) is 0 Å². The number of carbonyl (C=O) groups excluding carboxylic acids is 1. The first-order valence-corrected chi connectivity index (χ1v) is 12.4. The number of para-hydroxylation sites is 1. The number of rotatable bonds is 5. The molecule has 0 bridgehead atoms. The van der Waals surface area contributed by atoms with Crippen molar-refractivity contribution >= 4 is 28.9 Å². The molecule has 1 atom stereocenters. The molecule has 6 rings (SSSR count). The van der Waals surface area contributed by atoms with E-state index < -0.39 is 5.97 Å². The zero-order valence-corrected chi connectivity index (χ0v) is 20.9. The molecular formula is C29H24N6O3. The van der Waals surface area contributed by atoms with Crippen LogP contribution in [0.2, 0.25) is 0 Å². The summed E-state index contributed by atoms with van der Waals surface area (Å²) in [6.45, 7) is 3.73. The fourth-order valence-corrected chi connectivity index (χ4v) is 4.95. The van der Waals surface area contributed by atoms with Gasteiger partial charge in [0.15, 0.2) is 11.3 Å². The molecule has 0 saturated heterocycles. The Hall–Kier alpha value is -4.92. The predicted molar refractivity (Wildman–Crippen MR) is 145 cm³/mol. The van der Waals surface area contributed by atoms with Gasteiger partial charge in [-0.15, -0.1) is 10.2 Å². The molecule has 0 amide bonds. The molecule has 0 aliphatic carbocycles. The Morgan fingerprint density at radius 1 is 1.03 bits per heavy atom. The summed E-state index contributed by atoms with van der Waals surface area (Å²) in [4.78, 5) is 36.5. The minimum atomic E-state index is -0.486. The minimum absolute atomic E-state index is 0.181. The Bertz CT molecular complexity index is 1800. The number of fused-ring (bicyclic) bond motifs is 3. The number of nitrogens with zero attached hydrogens (tertiary/aromatic N) is 6. The molecule has 4 heterocycles. The molecule has 1 aliphatic heterocycles. The van der Waals surface area contributed by atoms with Gasteiger partial charge in [0.05, 0.1) is 28.9 Å². The topological polar surface area (TPSA) is 104 Å². The Balaban J connectivity index is 1.84. The van der Waals surface area contributed by atoms with Crippen LogP contribution in [-0.2, 0) is 4.74 Å². The molecule has 9 heteroatoms. The van der Waals surface area contributed by atoms with E-state index in [1.165, 1.54) is 4.40 Å². The van der Waals surface area contributed by atoms with Gasteiger partial charge in [-0.3, -0.25) is 4.99 Å².